The summed E-state index contributed by atoms with van der Waals surface area (Å²) in [6.07, 6.45) is 6.31. The second-order valence-electron chi connectivity index (χ2n) is 7.08. The average molecular weight is 353 g/mol. The van der Waals surface area contributed by atoms with Crippen LogP contribution in [0.4, 0.5) is 4.39 Å². The summed E-state index contributed by atoms with van der Waals surface area (Å²) in [7, 11) is 0. The molecular formula is C21H24FN3O. The molecule has 0 aliphatic carbocycles. The van der Waals surface area contributed by atoms with E-state index in [9.17, 15) is 4.39 Å². The Kier molecular flexibility index (Phi) is 5.00. The van der Waals surface area contributed by atoms with Crippen LogP contribution in [-0.2, 0) is 17.9 Å². The minimum atomic E-state index is -0.162. The maximum atomic E-state index is 13.4. The van der Waals surface area contributed by atoms with Crippen molar-refractivity contribution >= 4 is 5.52 Å². The van der Waals surface area contributed by atoms with Crippen molar-refractivity contribution in [2.45, 2.75) is 39.0 Å². The number of aromatic nitrogens is 2. The average Bonchev–Trinajstić information content (AvgIpc) is 3.06. The lowest BCUT2D eigenvalue weighted by Crippen LogP contribution is -2.39. The fourth-order valence-corrected chi connectivity index (χ4v) is 3.64. The minimum absolute atomic E-state index is 0.162. The summed E-state index contributed by atoms with van der Waals surface area (Å²) >= 11 is 0. The fourth-order valence-electron chi connectivity index (χ4n) is 3.64. The molecule has 0 radical (unpaired) electrons. The van der Waals surface area contributed by atoms with Gasteiger partial charge in [0.1, 0.15) is 5.82 Å². The molecular weight excluding hydrogens is 329 g/mol. The van der Waals surface area contributed by atoms with Crippen LogP contribution in [0.25, 0.3) is 5.52 Å². The number of ether oxygens (including phenoxy) is 1. The number of aryl methyl sites for hydroxylation is 1. The lowest BCUT2D eigenvalue weighted by Gasteiger charge is -2.32. The van der Waals surface area contributed by atoms with Gasteiger partial charge in [-0.2, -0.15) is 0 Å². The molecule has 4 rings (SSSR count). The number of rotatable bonds is 5. The van der Waals surface area contributed by atoms with E-state index in [0.717, 1.165) is 49.2 Å². The molecule has 2 aromatic heterocycles. The number of piperidine rings is 1. The molecule has 3 heterocycles. The van der Waals surface area contributed by atoms with E-state index in [2.05, 4.69) is 20.4 Å². The maximum Gasteiger partial charge on any atom is 0.126 e. The summed E-state index contributed by atoms with van der Waals surface area (Å²) in [6.45, 7) is 5.15. The third-order valence-electron chi connectivity index (χ3n) is 5.07. The van der Waals surface area contributed by atoms with Crippen LogP contribution in [0.5, 0.6) is 0 Å². The number of hydrogen-bond donors (Lipinski definition) is 0. The predicted octanol–water partition coefficient (Wildman–Crippen LogP) is 3.96. The maximum absolute atomic E-state index is 13.4. The van der Waals surface area contributed by atoms with Gasteiger partial charge in [-0.3, -0.25) is 4.90 Å². The Labute approximate surface area is 153 Å². The molecule has 0 N–H and O–H groups in total. The number of imidazole rings is 1. The molecule has 1 saturated heterocycles. The van der Waals surface area contributed by atoms with Crippen LogP contribution in [0.3, 0.4) is 0 Å². The molecule has 1 aliphatic heterocycles. The van der Waals surface area contributed by atoms with E-state index in [1.54, 1.807) is 13.0 Å². The molecule has 1 aromatic carbocycles. The molecule has 0 unspecified atom stereocenters. The van der Waals surface area contributed by atoms with Gasteiger partial charge in [0.25, 0.3) is 0 Å². The van der Waals surface area contributed by atoms with E-state index in [4.69, 9.17) is 4.74 Å². The summed E-state index contributed by atoms with van der Waals surface area (Å²) in [5, 5.41) is 0. The van der Waals surface area contributed by atoms with Crippen molar-refractivity contribution in [1.82, 2.24) is 14.3 Å². The first-order valence-corrected chi connectivity index (χ1v) is 9.18. The van der Waals surface area contributed by atoms with Gasteiger partial charge in [-0.15, -0.1) is 0 Å². The molecule has 1 atom stereocenters. The molecule has 0 spiro atoms. The number of halogens is 1. The van der Waals surface area contributed by atoms with Crippen LogP contribution in [0.15, 0.2) is 48.9 Å². The monoisotopic (exact) mass is 353 g/mol. The Hall–Kier alpha value is -2.24. The first-order chi connectivity index (χ1) is 12.7. The topological polar surface area (TPSA) is 29.8 Å². The Morgan fingerprint density at radius 1 is 1.27 bits per heavy atom. The molecule has 0 saturated carbocycles. The SMILES string of the molecule is Cc1cc(CO[C@H]2CCCN(Cc3ncn4ccccc34)C2)ccc1F. The molecule has 1 fully saturated rings. The third kappa shape index (κ3) is 3.79. The van der Waals surface area contributed by atoms with Crippen LogP contribution < -0.4 is 0 Å². The van der Waals surface area contributed by atoms with Gasteiger partial charge in [0.05, 0.1) is 30.2 Å². The Bertz CT molecular complexity index is 892. The van der Waals surface area contributed by atoms with E-state index in [1.807, 2.05) is 30.7 Å². The van der Waals surface area contributed by atoms with Crippen LogP contribution in [0.2, 0.25) is 0 Å². The Morgan fingerprint density at radius 3 is 3.08 bits per heavy atom. The van der Waals surface area contributed by atoms with E-state index >= 15 is 0 Å². The Balaban J connectivity index is 1.36. The zero-order valence-corrected chi connectivity index (χ0v) is 15.1. The quantitative estimate of drug-likeness (QED) is 0.695. The molecule has 4 nitrogen and oxygen atoms in total. The van der Waals surface area contributed by atoms with Crippen LogP contribution in [-0.4, -0.2) is 33.5 Å². The highest BCUT2D eigenvalue weighted by atomic mass is 19.1. The van der Waals surface area contributed by atoms with E-state index in [0.29, 0.717) is 12.2 Å². The zero-order chi connectivity index (χ0) is 17.9. The second-order valence-corrected chi connectivity index (χ2v) is 7.08. The predicted molar refractivity (Wildman–Crippen MR) is 99.4 cm³/mol. The number of fused-ring (bicyclic) bond motifs is 1. The first-order valence-electron chi connectivity index (χ1n) is 9.18. The van der Waals surface area contributed by atoms with Gasteiger partial charge < -0.3 is 9.14 Å². The normalized spacial score (nSPS) is 18.5. The number of nitrogens with zero attached hydrogens (tertiary/aromatic N) is 3. The van der Waals surface area contributed by atoms with Crippen LogP contribution in [0.1, 0.15) is 29.7 Å². The lowest BCUT2D eigenvalue weighted by molar-refractivity contribution is -0.0122. The molecule has 0 amide bonds. The highest BCUT2D eigenvalue weighted by molar-refractivity contribution is 5.51. The minimum Gasteiger partial charge on any atom is -0.372 e. The standard InChI is InChI=1S/C21H24FN3O/c1-16-11-17(7-8-19(16)22)14-26-18-5-4-9-24(12-18)13-20-21-6-2-3-10-25(21)15-23-20/h2-3,6-8,10-11,15,18H,4-5,9,12-14H2,1H3/t18-/m0/s1. The first kappa shape index (κ1) is 17.2. The van der Waals surface area contributed by atoms with E-state index in [-0.39, 0.29) is 11.9 Å². The highest BCUT2D eigenvalue weighted by Crippen LogP contribution is 2.19. The zero-order valence-electron chi connectivity index (χ0n) is 15.1. The van der Waals surface area contributed by atoms with Crippen molar-refractivity contribution in [3.63, 3.8) is 0 Å². The molecule has 26 heavy (non-hydrogen) atoms. The van der Waals surface area contributed by atoms with Crippen molar-refractivity contribution in [2.75, 3.05) is 13.1 Å². The van der Waals surface area contributed by atoms with E-state index in [1.165, 1.54) is 6.07 Å². The van der Waals surface area contributed by atoms with Crippen molar-refractivity contribution in [2.24, 2.45) is 0 Å². The van der Waals surface area contributed by atoms with Crippen molar-refractivity contribution in [1.29, 1.82) is 0 Å². The molecule has 0 bridgehead atoms. The van der Waals surface area contributed by atoms with E-state index < -0.39 is 0 Å². The molecule has 3 aromatic rings. The molecule has 1 aliphatic rings. The highest BCUT2D eigenvalue weighted by Gasteiger charge is 2.21. The van der Waals surface area contributed by atoms with Gasteiger partial charge in [0.2, 0.25) is 0 Å². The van der Waals surface area contributed by atoms with Gasteiger partial charge in [-0.05, 0) is 55.6 Å². The molecule has 136 valence electrons. The fraction of sp³-hybridized carbons (Fsp3) is 0.381. The van der Waals surface area contributed by atoms with Gasteiger partial charge in [-0.25, -0.2) is 9.37 Å². The molecule has 5 heteroatoms. The summed E-state index contributed by atoms with van der Waals surface area (Å²) in [6, 6.07) is 11.4. The lowest BCUT2D eigenvalue weighted by atomic mass is 10.1. The summed E-state index contributed by atoms with van der Waals surface area (Å²) in [4.78, 5) is 6.99. The van der Waals surface area contributed by atoms with Crippen molar-refractivity contribution < 1.29 is 9.13 Å². The van der Waals surface area contributed by atoms with Crippen molar-refractivity contribution in [3.8, 4) is 0 Å². The van der Waals surface area contributed by atoms with Gasteiger partial charge in [-0.1, -0.05) is 18.2 Å². The number of likely N-dealkylation sites (tertiary alicyclic amines) is 1. The van der Waals surface area contributed by atoms with Crippen molar-refractivity contribution in [3.05, 3.63) is 71.6 Å². The summed E-state index contributed by atoms with van der Waals surface area (Å²) in [5.74, 6) is -0.162. The number of hydrogen-bond acceptors (Lipinski definition) is 3. The van der Waals surface area contributed by atoms with Crippen LogP contribution >= 0.6 is 0 Å². The third-order valence-corrected chi connectivity index (χ3v) is 5.07. The number of benzene rings is 1. The largest absolute Gasteiger partial charge is 0.372 e. The van der Waals surface area contributed by atoms with Gasteiger partial charge in [0.15, 0.2) is 0 Å². The van der Waals surface area contributed by atoms with Gasteiger partial charge in [0, 0.05) is 19.3 Å². The van der Waals surface area contributed by atoms with Crippen LogP contribution in [0, 0.1) is 12.7 Å². The smallest absolute Gasteiger partial charge is 0.126 e. The number of pyridine rings is 1. The summed E-state index contributed by atoms with van der Waals surface area (Å²) in [5.41, 5.74) is 3.97. The van der Waals surface area contributed by atoms with Gasteiger partial charge >= 0.3 is 0 Å². The summed E-state index contributed by atoms with van der Waals surface area (Å²) < 4.78 is 21.6. The second kappa shape index (κ2) is 7.56. The Morgan fingerprint density at radius 2 is 2.19 bits per heavy atom.